The van der Waals surface area contributed by atoms with Crippen molar-refractivity contribution in [1.82, 2.24) is 5.32 Å². The van der Waals surface area contributed by atoms with Gasteiger partial charge in [-0.25, -0.2) is 0 Å². The molecule has 1 aliphatic carbocycles. The number of ether oxygens (including phenoxy) is 1. The molecule has 1 aromatic carbocycles. The van der Waals surface area contributed by atoms with Crippen molar-refractivity contribution >= 4 is 5.69 Å². The summed E-state index contributed by atoms with van der Waals surface area (Å²) in [6, 6.07) is 10.7. The molecule has 1 aromatic rings. The van der Waals surface area contributed by atoms with Crippen LogP contribution in [-0.2, 0) is 10.2 Å². The highest BCUT2D eigenvalue weighted by atomic mass is 16.5. The van der Waals surface area contributed by atoms with Crippen LogP contribution in [0, 0.1) is 11.3 Å². The van der Waals surface area contributed by atoms with E-state index in [4.69, 9.17) is 4.74 Å². The Morgan fingerprint density at radius 3 is 2.60 bits per heavy atom. The van der Waals surface area contributed by atoms with Gasteiger partial charge in [0.1, 0.15) is 0 Å². The Morgan fingerprint density at radius 1 is 1.40 bits per heavy atom. The molecule has 1 saturated heterocycles. The Morgan fingerprint density at radius 2 is 2.10 bits per heavy atom. The van der Waals surface area contributed by atoms with Crippen molar-refractivity contribution in [3.8, 4) is 6.07 Å². The van der Waals surface area contributed by atoms with Crippen LogP contribution in [0.15, 0.2) is 24.3 Å². The first-order chi connectivity index (χ1) is 9.72. The predicted molar refractivity (Wildman–Crippen MR) is 78.7 cm³/mol. The number of benzene rings is 1. The fraction of sp³-hybridized carbons (Fsp3) is 0.562. The third kappa shape index (κ3) is 2.79. The molecule has 4 nitrogen and oxygen atoms in total. The second-order valence-electron chi connectivity index (χ2n) is 5.88. The number of nitriles is 1. The van der Waals surface area contributed by atoms with Gasteiger partial charge >= 0.3 is 0 Å². The zero-order valence-electron chi connectivity index (χ0n) is 11.9. The SMILES string of the molecule is CC(CNc1ccc(C2(C#N)CC2)cc1)OC1CNC1. The summed E-state index contributed by atoms with van der Waals surface area (Å²) in [5.41, 5.74) is 2.05. The Bertz CT molecular complexity index is 497. The van der Waals surface area contributed by atoms with Gasteiger partial charge in [0.05, 0.1) is 23.7 Å². The number of nitrogens with zero attached hydrogens (tertiary/aromatic N) is 1. The van der Waals surface area contributed by atoms with Crippen molar-refractivity contribution in [1.29, 1.82) is 5.26 Å². The largest absolute Gasteiger partial charge is 0.382 e. The van der Waals surface area contributed by atoms with Crippen LogP contribution in [-0.4, -0.2) is 31.8 Å². The predicted octanol–water partition coefficient (Wildman–Crippen LogP) is 2.03. The van der Waals surface area contributed by atoms with E-state index in [9.17, 15) is 5.26 Å². The third-order valence-electron chi connectivity index (χ3n) is 4.16. The molecule has 0 radical (unpaired) electrons. The maximum atomic E-state index is 9.18. The molecular formula is C16H21N3O. The van der Waals surface area contributed by atoms with Crippen LogP contribution in [0.1, 0.15) is 25.3 Å². The quantitative estimate of drug-likeness (QED) is 0.831. The molecule has 0 spiro atoms. The standard InChI is InChI=1S/C16H21N3O/c1-12(20-15-9-18-10-15)8-19-14-4-2-13(3-5-14)16(11-17)6-7-16/h2-5,12,15,18-19H,6-10H2,1H3. The normalized spacial score (nSPS) is 21.6. The van der Waals surface area contributed by atoms with E-state index in [1.807, 2.05) is 0 Å². The van der Waals surface area contributed by atoms with Crippen LogP contribution in [0.3, 0.4) is 0 Å². The molecule has 4 heteroatoms. The van der Waals surface area contributed by atoms with E-state index in [1.54, 1.807) is 0 Å². The van der Waals surface area contributed by atoms with Gasteiger partial charge in [0, 0.05) is 25.3 Å². The number of hydrogen-bond acceptors (Lipinski definition) is 4. The summed E-state index contributed by atoms with van der Waals surface area (Å²) < 4.78 is 5.85. The first-order valence-electron chi connectivity index (χ1n) is 7.34. The monoisotopic (exact) mass is 271 g/mol. The van der Waals surface area contributed by atoms with Gasteiger partial charge in [-0.15, -0.1) is 0 Å². The van der Waals surface area contributed by atoms with Gasteiger partial charge in [0.15, 0.2) is 0 Å². The van der Waals surface area contributed by atoms with Gasteiger partial charge in [-0.05, 0) is 37.5 Å². The number of rotatable bonds is 6. The van der Waals surface area contributed by atoms with Gasteiger partial charge in [-0.2, -0.15) is 5.26 Å². The zero-order chi connectivity index (χ0) is 14.0. The van der Waals surface area contributed by atoms with Crippen molar-refractivity contribution < 1.29 is 4.74 Å². The first kappa shape index (κ1) is 13.4. The molecule has 2 aliphatic rings. The zero-order valence-corrected chi connectivity index (χ0v) is 11.9. The van der Waals surface area contributed by atoms with E-state index in [1.165, 1.54) is 0 Å². The lowest BCUT2D eigenvalue weighted by Crippen LogP contribution is -2.50. The topological polar surface area (TPSA) is 57.1 Å². The average molecular weight is 271 g/mol. The second kappa shape index (κ2) is 5.43. The molecule has 3 rings (SSSR count). The second-order valence-corrected chi connectivity index (χ2v) is 5.88. The van der Waals surface area contributed by atoms with E-state index in [-0.39, 0.29) is 11.5 Å². The van der Waals surface area contributed by atoms with Gasteiger partial charge in [0.25, 0.3) is 0 Å². The molecule has 0 bridgehead atoms. The van der Waals surface area contributed by atoms with Crippen LogP contribution >= 0.6 is 0 Å². The summed E-state index contributed by atoms with van der Waals surface area (Å²) in [6.45, 7) is 4.83. The van der Waals surface area contributed by atoms with Crippen LogP contribution < -0.4 is 10.6 Å². The fourth-order valence-corrected chi connectivity index (χ4v) is 2.49. The highest BCUT2D eigenvalue weighted by Crippen LogP contribution is 2.47. The summed E-state index contributed by atoms with van der Waals surface area (Å²) >= 11 is 0. The number of hydrogen-bond donors (Lipinski definition) is 2. The van der Waals surface area contributed by atoms with Crippen LogP contribution in [0.4, 0.5) is 5.69 Å². The van der Waals surface area contributed by atoms with E-state index < -0.39 is 0 Å². The van der Waals surface area contributed by atoms with E-state index in [2.05, 4.69) is 47.9 Å². The first-order valence-corrected chi connectivity index (χ1v) is 7.34. The molecular weight excluding hydrogens is 250 g/mol. The molecule has 1 heterocycles. The van der Waals surface area contributed by atoms with Crippen LogP contribution in [0.2, 0.25) is 0 Å². The molecule has 1 atom stereocenters. The minimum absolute atomic E-state index is 0.188. The molecule has 1 aliphatic heterocycles. The van der Waals surface area contributed by atoms with Gasteiger partial charge in [-0.3, -0.25) is 0 Å². The van der Waals surface area contributed by atoms with Gasteiger partial charge < -0.3 is 15.4 Å². The molecule has 20 heavy (non-hydrogen) atoms. The van der Waals surface area contributed by atoms with Crippen molar-refractivity contribution in [3.63, 3.8) is 0 Å². The molecule has 106 valence electrons. The maximum absolute atomic E-state index is 9.18. The maximum Gasteiger partial charge on any atom is 0.0828 e. The Kier molecular flexibility index (Phi) is 3.64. The molecule has 2 fully saturated rings. The van der Waals surface area contributed by atoms with Crippen LogP contribution in [0.5, 0.6) is 0 Å². The van der Waals surface area contributed by atoms with Crippen LogP contribution in [0.25, 0.3) is 0 Å². The van der Waals surface area contributed by atoms with Crippen molar-refractivity contribution in [2.75, 3.05) is 25.0 Å². The fourth-order valence-electron chi connectivity index (χ4n) is 2.49. The Hall–Kier alpha value is -1.57. The number of nitrogens with one attached hydrogen (secondary N) is 2. The molecule has 1 saturated carbocycles. The Labute approximate surface area is 120 Å². The van der Waals surface area contributed by atoms with Crippen molar-refractivity contribution in [2.45, 2.75) is 37.4 Å². The lowest BCUT2D eigenvalue weighted by Gasteiger charge is -2.30. The average Bonchev–Trinajstić information content (AvgIpc) is 3.22. The summed E-state index contributed by atoms with van der Waals surface area (Å²) in [6.07, 6.45) is 2.57. The smallest absolute Gasteiger partial charge is 0.0828 e. The lowest BCUT2D eigenvalue weighted by molar-refractivity contribution is -0.0225. The van der Waals surface area contributed by atoms with E-state index in [0.29, 0.717) is 6.10 Å². The van der Waals surface area contributed by atoms with Crippen molar-refractivity contribution in [2.24, 2.45) is 0 Å². The summed E-state index contributed by atoms with van der Waals surface area (Å²) in [5.74, 6) is 0. The highest BCUT2D eigenvalue weighted by molar-refractivity contribution is 5.49. The highest BCUT2D eigenvalue weighted by Gasteiger charge is 2.44. The van der Waals surface area contributed by atoms with Gasteiger partial charge in [0.2, 0.25) is 0 Å². The minimum atomic E-state index is -0.188. The van der Waals surface area contributed by atoms with E-state index in [0.717, 1.165) is 43.7 Å². The Balaban J connectivity index is 1.49. The van der Waals surface area contributed by atoms with Crippen molar-refractivity contribution in [3.05, 3.63) is 29.8 Å². The number of anilines is 1. The minimum Gasteiger partial charge on any atom is -0.382 e. The molecule has 2 N–H and O–H groups in total. The molecule has 0 aromatic heterocycles. The summed E-state index contributed by atoms with van der Waals surface area (Å²) in [7, 11) is 0. The summed E-state index contributed by atoms with van der Waals surface area (Å²) in [5, 5.41) is 15.8. The lowest BCUT2D eigenvalue weighted by atomic mass is 9.98. The van der Waals surface area contributed by atoms with E-state index >= 15 is 0 Å². The molecule has 0 amide bonds. The summed E-state index contributed by atoms with van der Waals surface area (Å²) in [4.78, 5) is 0. The molecule has 1 unspecified atom stereocenters. The van der Waals surface area contributed by atoms with Gasteiger partial charge in [-0.1, -0.05) is 12.1 Å². The third-order valence-corrected chi connectivity index (χ3v) is 4.16.